The van der Waals surface area contributed by atoms with E-state index in [0.717, 1.165) is 16.1 Å². The third-order valence-electron chi connectivity index (χ3n) is 7.37. The highest BCUT2D eigenvalue weighted by Crippen LogP contribution is 2.40. The monoisotopic (exact) mass is 642 g/mol. The lowest BCUT2D eigenvalue weighted by molar-refractivity contribution is -0.133. The molecule has 5 rings (SSSR count). The number of nitrogens with one attached hydrogen (secondary N) is 1. The number of rotatable bonds is 8. The molecule has 3 aromatic rings. The number of hydrogen-bond acceptors (Lipinski definition) is 8. The predicted molar refractivity (Wildman–Crippen MR) is 155 cm³/mol. The van der Waals surface area contributed by atoms with Gasteiger partial charge in [0.15, 0.2) is 9.84 Å². The van der Waals surface area contributed by atoms with Gasteiger partial charge in [-0.3, -0.25) is 24.2 Å². The van der Waals surface area contributed by atoms with Gasteiger partial charge in [0.05, 0.1) is 4.90 Å². The second-order valence-electron chi connectivity index (χ2n) is 10.5. The van der Waals surface area contributed by atoms with E-state index < -0.39 is 64.4 Å². The number of halogens is 3. The van der Waals surface area contributed by atoms with E-state index >= 15 is 0 Å². The van der Waals surface area contributed by atoms with Gasteiger partial charge >= 0.3 is 0 Å². The molecule has 1 saturated carbocycles. The first kappa shape index (κ1) is 31.0. The summed E-state index contributed by atoms with van der Waals surface area (Å²) < 4.78 is 52.3. The van der Waals surface area contributed by atoms with Gasteiger partial charge in [0.2, 0.25) is 17.8 Å². The Morgan fingerprint density at radius 3 is 2.57 bits per heavy atom. The maximum atomic E-state index is 14.6. The van der Waals surface area contributed by atoms with Gasteiger partial charge < -0.3 is 5.32 Å². The van der Waals surface area contributed by atoms with Crippen LogP contribution in [0.4, 0.5) is 20.4 Å². The molecule has 1 saturated heterocycles. The molecule has 0 spiro atoms. The fourth-order valence-electron chi connectivity index (χ4n) is 5.26. The number of nitriles is 1. The first-order chi connectivity index (χ1) is 20.8. The van der Waals surface area contributed by atoms with Crippen LogP contribution in [0.3, 0.4) is 0 Å². The van der Waals surface area contributed by atoms with Crippen LogP contribution in [-0.4, -0.2) is 60.4 Å². The molecule has 1 aromatic heterocycles. The summed E-state index contributed by atoms with van der Waals surface area (Å²) in [6, 6.07) is 10.9. The van der Waals surface area contributed by atoms with Crippen LogP contribution in [0, 0.1) is 11.3 Å². The van der Waals surface area contributed by atoms with Crippen LogP contribution in [0.2, 0.25) is 5.02 Å². The van der Waals surface area contributed by atoms with E-state index in [-0.39, 0.29) is 45.7 Å². The summed E-state index contributed by atoms with van der Waals surface area (Å²) in [6.07, 6.45) is 0.936. The number of anilines is 2. The Morgan fingerprint density at radius 1 is 1.18 bits per heavy atom. The molecule has 3 amide bonds. The largest absolute Gasteiger partial charge is 0.351 e. The predicted octanol–water partition coefficient (Wildman–Crippen LogP) is 3.59. The van der Waals surface area contributed by atoms with E-state index in [4.69, 9.17) is 11.6 Å². The van der Waals surface area contributed by atoms with Crippen molar-refractivity contribution in [2.75, 3.05) is 16.1 Å². The Balaban J connectivity index is 1.66. The number of alkyl halides is 2. The minimum Gasteiger partial charge on any atom is -0.351 e. The highest BCUT2D eigenvalue weighted by molar-refractivity contribution is 7.90. The standard InChI is InChI=1S/C29H25ClF2N6O5S/c1-44(42,43)20-6-4-5-19(13-20)37(27(41)23-9-10-24(39)38(23)28-34-12-11-17(16-33)36-28)25(21-7-2-3-8-22(21)30)26(40)35-18-14-29(31,32)15-18/h2-8,11-13,18,23,25H,9-10,14-15H2,1H3,(H,35,40). The number of aromatic nitrogens is 2. The number of sulfone groups is 1. The molecule has 1 aliphatic carbocycles. The molecule has 1 aliphatic heterocycles. The van der Waals surface area contributed by atoms with Gasteiger partial charge in [-0.1, -0.05) is 35.9 Å². The van der Waals surface area contributed by atoms with E-state index in [2.05, 4.69) is 15.3 Å². The van der Waals surface area contributed by atoms with E-state index in [1.807, 2.05) is 6.07 Å². The van der Waals surface area contributed by atoms with E-state index in [0.29, 0.717) is 0 Å². The average molecular weight is 643 g/mol. The van der Waals surface area contributed by atoms with Crippen molar-refractivity contribution in [2.24, 2.45) is 0 Å². The van der Waals surface area contributed by atoms with Gasteiger partial charge in [-0.15, -0.1) is 0 Å². The second-order valence-corrected chi connectivity index (χ2v) is 13.0. The molecule has 2 heterocycles. The molecule has 2 unspecified atom stereocenters. The summed E-state index contributed by atoms with van der Waals surface area (Å²) in [5.41, 5.74) is 0.0571. The van der Waals surface area contributed by atoms with Crippen molar-refractivity contribution in [3.05, 3.63) is 77.1 Å². The fourth-order valence-corrected chi connectivity index (χ4v) is 6.16. The van der Waals surface area contributed by atoms with Gasteiger partial charge in [-0.05, 0) is 36.8 Å². The van der Waals surface area contributed by atoms with Crippen LogP contribution in [0.25, 0.3) is 0 Å². The lowest BCUT2D eigenvalue weighted by Gasteiger charge is -2.39. The SMILES string of the molecule is CS(=O)(=O)c1cccc(N(C(=O)C2CCC(=O)N2c2nccc(C#N)n2)C(C(=O)NC2CC(F)(F)C2)c2ccccc2Cl)c1. The fraction of sp³-hybridized carbons (Fsp3) is 0.310. The van der Waals surface area contributed by atoms with Gasteiger partial charge in [0.1, 0.15) is 23.8 Å². The Kier molecular flexibility index (Phi) is 8.37. The molecule has 2 fully saturated rings. The van der Waals surface area contributed by atoms with Gasteiger partial charge in [0, 0.05) is 54.0 Å². The van der Waals surface area contributed by atoms with Crippen LogP contribution in [0.15, 0.2) is 65.7 Å². The summed E-state index contributed by atoms with van der Waals surface area (Å²) in [6.45, 7) is 0. The van der Waals surface area contributed by atoms with Crippen molar-refractivity contribution in [2.45, 2.75) is 54.6 Å². The molecule has 2 atom stereocenters. The summed E-state index contributed by atoms with van der Waals surface area (Å²) in [5, 5.41) is 12.0. The zero-order valence-electron chi connectivity index (χ0n) is 23.2. The van der Waals surface area contributed by atoms with Crippen LogP contribution < -0.4 is 15.1 Å². The van der Waals surface area contributed by atoms with Crippen molar-refractivity contribution in [1.29, 1.82) is 5.26 Å². The minimum absolute atomic E-state index is 0.0220. The zero-order valence-corrected chi connectivity index (χ0v) is 24.7. The second kappa shape index (κ2) is 11.9. The molecular formula is C29H25ClF2N6O5S. The molecule has 228 valence electrons. The first-order valence-electron chi connectivity index (χ1n) is 13.4. The Labute approximate surface area is 256 Å². The maximum absolute atomic E-state index is 14.6. The third-order valence-corrected chi connectivity index (χ3v) is 8.83. The van der Waals surface area contributed by atoms with Crippen LogP contribution >= 0.6 is 11.6 Å². The summed E-state index contributed by atoms with van der Waals surface area (Å²) >= 11 is 6.52. The molecular weight excluding hydrogens is 618 g/mol. The highest BCUT2D eigenvalue weighted by Gasteiger charge is 2.49. The van der Waals surface area contributed by atoms with Crippen molar-refractivity contribution < 1.29 is 31.6 Å². The van der Waals surface area contributed by atoms with E-state index in [9.17, 15) is 36.8 Å². The third kappa shape index (κ3) is 6.24. The lowest BCUT2D eigenvalue weighted by Crippen LogP contribution is -2.56. The summed E-state index contributed by atoms with van der Waals surface area (Å²) in [7, 11) is -3.78. The zero-order chi connectivity index (χ0) is 31.8. The molecule has 2 aliphatic rings. The molecule has 0 radical (unpaired) electrons. The first-order valence-corrected chi connectivity index (χ1v) is 15.7. The van der Waals surface area contributed by atoms with Crippen molar-refractivity contribution >= 4 is 50.8 Å². The van der Waals surface area contributed by atoms with Crippen LogP contribution in [0.1, 0.15) is 43.0 Å². The topological polar surface area (TPSA) is 153 Å². The Hall–Kier alpha value is -4.48. The van der Waals surface area contributed by atoms with Crippen LogP contribution in [0.5, 0.6) is 0 Å². The van der Waals surface area contributed by atoms with Gasteiger partial charge in [-0.2, -0.15) is 5.26 Å². The minimum atomic E-state index is -3.78. The van der Waals surface area contributed by atoms with E-state index in [1.165, 1.54) is 48.7 Å². The number of carbonyl (C=O) groups is 3. The summed E-state index contributed by atoms with van der Waals surface area (Å²) in [5.74, 6) is -5.31. The molecule has 2 aromatic carbocycles. The maximum Gasteiger partial charge on any atom is 0.252 e. The average Bonchev–Trinajstić information content (AvgIpc) is 3.36. The smallest absolute Gasteiger partial charge is 0.252 e. The molecule has 1 N–H and O–H groups in total. The molecule has 0 bridgehead atoms. The lowest BCUT2D eigenvalue weighted by atomic mass is 9.87. The Bertz CT molecular complexity index is 1790. The summed E-state index contributed by atoms with van der Waals surface area (Å²) in [4.78, 5) is 51.7. The van der Waals surface area contributed by atoms with Crippen LogP contribution in [-0.2, 0) is 24.2 Å². The number of hydrogen-bond donors (Lipinski definition) is 1. The Morgan fingerprint density at radius 2 is 1.91 bits per heavy atom. The van der Waals surface area contributed by atoms with Crippen molar-refractivity contribution in [1.82, 2.24) is 15.3 Å². The normalized spacial score (nSPS) is 18.7. The van der Waals surface area contributed by atoms with Crippen molar-refractivity contribution in [3.63, 3.8) is 0 Å². The quantitative estimate of drug-likeness (QED) is 0.391. The molecule has 15 heteroatoms. The van der Waals surface area contributed by atoms with Crippen molar-refractivity contribution in [3.8, 4) is 6.07 Å². The number of nitrogens with zero attached hydrogens (tertiary/aromatic N) is 5. The van der Waals surface area contributed by atoms with Gasteiger partial charge in [0.25, 0.3) is 11.8 Å². The number of amides is 3. The highest BCUT2D eigenvalue weighted by atomic mass is 35.5. The molecule has 11 nitrogen and oxygen atoms in total. The molecule has 44 heavy (non-hydrogen) atoms. The van der Waals surface area contributed by atoms with E-state index in [1.54, 1.807) is 12.1 Å². The number of carbonyl (C=O) groups excluding carboxylic acids is 3. The van der Waals surface area contributed by atoms with Gasteiger partial charge in [-0.25, -0.2) is 27.2 Å². The number of benzene rings is 2.